The van der Waals surface area contributed by atoms with Crippen molar-refractivity contribution in [2.45, 2.75) is 24.2 Å². The predicted octanol–water partition coefficient (Wildman–Crippen LogP) is 1.96. The minimum atomic E-state index is -3.74. The Morgan fingerprint density at radius 2 is 2.00 bits per heavy atom. The Bertz CT molecular complexity index is 777. The summed E-state index contributed by atoms with van der Waals surface area (Å²) in [5.41, 5.74) is -0.206. The van der Waals surface area contributed by atoms with Crippen molar-refractivity contribution < 1.29 is 22.3 Å². The Balaban J connectivity index is 1.86. The van der Waals surface area contributed by atoms with E-state index in [-0.39, 0.29) is 16.4 Å². The number of amides is 1. The van der Waals surface area contributed by atoms with Crippen LogP contribution in [0.4, 0.5) is 4.39 Å². The van der Waals surface area contributed by atoms with Crippen LogP contribution in [0, 0.1) is 17.7 Å². The van der Waals surface area contributed by atoms with E-state index in [9.17, 15) is 17.6 Å². The maximum atomic E-state index is 14.3. The number of hydrogen-bond acceptors (Lipinski definition) is 4. The third-order valence-electron chi connectivity index (χ3n) is 5.34. The van der Waals surface area contributed by atoms with Crippen molar-refractivity contribution >= 4 is 15.9 Å². The van der Waals surface area contributed by atoms with Crippen molar-refractivity contribution in [1.29, 1.82) is 0 Å². The van der Waals surface area contributed by atoms with Crippen LogP contribution in [0.3, 0.4) is 0 Å². The van der Waals surface area contributed by atoms with Crippen LogP contribution in [0.15, 0.2) is 23.1 Å². The first-order valence-corrected chi connectivity index (χ1v) is 10.3. The summed E-state index contributed by atoms with van der Waals surface area (Å²) < 4.78 is 45.6. The second-order valence-electron chi connectivity index (χ2n) is 7.21. The summed E-state index contributed by atoms with van der Waals surface area (Å²) in [6.07, 6.45) is 3.48. The van der Waals surface area contributed by atoms with Gasteiger partial charge in [0.1, 0.15) is 5.82 Å². The lowest BCUT2D eigenvalue weighted by Gasteiger charge is -2.35. The van der Waals surface area contributed by atoms with E-state index in [2.05, 4.69) is 0 Å². The first kappa shape index (κ1) is 19.3. The van der Waals surface area contributed by atoms with E-state index in [0.29, 0.717) is 32.2 Å². The number of benzene rings is 1. The standard InChI is InChI=1S/C18H25FN2O4S/c1-20(2)26(23,24)15-6-7-17(19)16(10-15)18(22)21-8-9-25-12-14(11-21)13-4-3-5-13/h6-7,10,13-14H,3-5,8-9,11-12H2,1-2H3. The van der Waals surface area contributed by atoms with Crippen LogP contribution in [0.1, 0.15) is 29.6 Å². The topological polar surface area (TPSA) is 66.9 Å². The molecule has 0 spiro atoms. The molecule has 1 unspecified atom stereocenters. The Labute approximate surface area is 154 Å². The van der Waals surface area contributed by atoms with Crippen LogP contribution < -0.4 is 0 Å². The molecule has 26 heavy (non-hydrogen) atoms. The average molecular weight is 384 g/mol. The monoisotopic (exact) mass is 384 g/mol. The summed E-state index contributed by atoms with van der Waals surface area (Å²) in [6.45, 7) is 1.93. The van der Waals surface area contributed by atoms with E-state index < -0.39 is 21.7 Å². The minimum absolute atomic E-state index is 0.0890. The van der Waals surface area contributed by atoms with Gasteiger partial charge in [-0.25, -0.2) is 17.1 Å². The normalized spacial score (nSPS) is 22.2. The van der Waals surface area contributed by atoms with Gasteiger partial charge in [-0.1, -0.05) is 19.3 Å². The number of rotatable bonds is 4. The third kappa shape index (κ3) is 3.77. The first-order chi connectivity index (χ1) is 12.3. The van der Waals surface area contributed by atoms with Gasteiger partial charge in [-0.3, -0.25) is 4.79 Å². The number of hydrogen-bond donors (Lipinski definition) is 0. The molecule has 1 amide bonds. The molecule has 6 nitrogen and oxygen atoms in total. The molecule has 0 N–H and O–H groups in total. The van der Waals surface area contributed by atoms with Gasteiger partial charge >= 0.3 is 0 Å². The van der Waals surface area contributed by atoms with E-state index >= 15 is 0 Å². The highest BCUT2D eigenvalue weighted by Gasteiger charge is 2.33. The Morgan fingerprint density at radius 3 is 2.62 bits per heavy atom. The van der Waals surface area contributed by atoms with Crippen LogP contribution in [0.25, 0.3) is 0 Å². The zero-order valence-electron chi connectivity index (χ0n) is 15.2. The first-order valence-electron chi connectivity index (χ1n) is 8.90. The summed E-state index contributed by atoms with van der Waals surface area (Å²) >= 11 is 0. The molecule has 1 aliphatic carbocycles. The number of halogens is 1. The smallest absolute Gasteiger partial charge is 0.256 e. The van der Waals surface area contributed by atoms with Crippen LogP contribution in [0.2, 0.25) is 0 Å². The molecule has 0 radical (unpaired) electrons. The molecule has 0 bridgehead atoms. The zero-order valence-corrected chi connectivity index (χ0v) is 16.0. The van der Waals surface area contributed by atoms with Gasteiger partial charge in [0, 0.05) is 33.1 Å². The molecule has 2 aliphatic rings. The molecular weight excluding hydrogens is 359 g/mol. The van der Waals surface area contributed by atoms with Gasteiger partial charge < -0.3 is 9.64 Å². The SMILES string of the molecule is CN(C)S(=O)(=O)c1ccc(F)c(C(=O)N2CCOCC(C3CCC3)C2)c1. The molecular formula is C18H25FN2O4S. The summed E-state index contributed by atoms with van der Waals surface area (Å²) in [6, 6.07) is 3.36. The fraction of sp³-hybridized carbons (Fsp3) is 0.611. The van der Waals surface area contributed by atoms with Crippen molar-refractivity contribution in [3.8, 4) is 0 Å². The van der Waals surface area contributed by atoms with Gasteiger partial charge in [-0.2, -0.15) is 0 Å². The molecule has 144 valence electrons. The van der Waals surface area contributed by atoms with Gasteiger partial charge in [0.15, 0.2) is 0 Å². The van der Waals surface area contributed by atoms with Gasteiger partial charge in [0.2, 0.25) is 10.0 Å². The molecule has 2 fully saturated rings. The van der Waals surface area contributed by atoms with Gasteiger partial charge in [0.05, 0.1) is 23.7 Å². The molecule has 1 saturated heterocycles. The number of carbonyl (C=O) groups excluding carboxylic acids is 1. The minimum Gasteiger partial charge on any atom is -0.379 e. The maximum absolute atomic E-state index is 14.3. The van der Waals surface area contributed by atoms with Crippen LogP contribution in [-0.2, 0) is 14.8 Å². The number of carbonyl (C=O) groups is 1. The van der Waals surface area contributed by atoms with Crippen molar-refractivity contribution in [3.63, 3.8) is 0 Å². The van der Waals surface area contributed by atoms with Crippen LogP contribution >= 0.6 is 0 Å². The highest BCUT2D eigenvalue weighted by Crippen LogP contribution is 2.35. The summed E-state index contributed by atoms with van der Waals surface area (Å²) in [4.78, 5) is 14.4. The fourth-order valence-electron chi connectivity index (χ4n) is 3.43. The van der Waals surface area contributed by atoms with E-state index in [0.717, 1.165) is 29.3 Å². The molecule has 0 aromatic heterocycles. The Morgan fingerprint density at radius 1 is 1.27 bits per heavy atom. The Kier molecular flexibility index (Phi) is 5.64. The lowest BCUT2D eigenvalue weighted by Crippen LogP contribution is -2.39. The maximum Gasteiger partial charge on any atom is 0.256 e. The van der Waals surface area contributed by atoms with Crippen LogP contribution in [0.5, 0.6) is 0 Å². The highest BCUT2D eigenvalue weighted by atomic mass is 32.2. The fourth-order valence-corrected chi connectivity index (χ4v) is 4.36. The van der Waals surface area contributed by atoms with E-state index in [1.165, 1.54) is 26.6 Å². The highest BCUT2D eigenvalue weighted by molar-refractivity contribution is 7.89. The van der Waals surface area contributed by atoms with Crippen molar-refractivity contribution in [3.05, 3.63) is 29.6 Å². The molecule has 8 heteroatoms. The number of sulfonamides is 1. The van der Waals surface area contributed by atoms with Gasteiger partial charge in [-0.05, 0) is 24.1 Å². The van der Waals surface area contributed by atoms with Gasteiger partial charge in [-0.15, -0.1) is 0 Å². The van der Waals surface area contributed by atoms with E-state index in [1.54, 1.807) is 4.90 Å². The Hall–Kier alpha value is -1.51. The molecule has 1 heterocycles. The quantitative estimate of drug-likeness (QED) is 0.796. The second-order valence-corrected chi connectivity index (χ2v) is 9.36. The van der Waals surface area contributed by atoms with Crippen molar-refractivity contribution in [1.82, 2.24) is 9.21 Å². The molecule has 1 atom stereocenters. The summed E-state index contributed by atoms with van der Waals surface area (Å²) in [5, 5.41) is 0. The number of nitrogens with zero attached hydrogens (tertiary/aromatic N) is 2. The molecule has 3 rings (SSSR count). The predicted molar refractivity (Wildman–Crippen MR) is 94.8 cm³/mol. The van der Waals surface area contributed by atoms with Crippen molar-refractivity contribution in [2.75, 3.05) is 40.4 Å². The summed E-state index contributed by atoms with van der Waals surface area (Å²) in [5.74, 6) is -0.383. The van der Waals surface area contributed by atoms with Crippen LogP contribution in [-0.4, -0.2) is 63.9 Å². The third-order valence-corrected chi connectivity index (χ3v) is 7.15. The lowest BCUT2D eigenvalue weighted by molar-refractivity contribution is 0.0683. The lowest BCUT2D eigenvalue weighted by atomic mass is 9.76. The van der Waals surface area contributed by atoms with Gasteiger partial charge in [0.25, 0.3) is 5.91 Å². The molecule has 1 aromatic rings. The second kappa shape index (κ2) is 7.62. The van der Waals surface area contributed by atoms with E-state index in [1.807, 2.05) is 0 Å². The van der Waals surface area contributed by atoms with E-state index in [4.69, 9.17) is 4.74 Å². The molecule has 1 saturated carbocycles. The number of ether oxygens (including phenoxy) is 1. The van der Waals surface area contributed by atoms with Crippen molar-refractivity contribution in [2.24, 2.45) is 11.8 Å². The summed E-state index contributed by atoms with van der Waals surface area (Å²) in [7, 11) is -0.939. The largest absolute Gasteiger partial charge is 0.379 e. The molecule has 1 aromatic carbocycles. The zero-order chi connectivity index (χ0) is 18.9. The molecule has 1 aliphatic heterocycles. The average Bonchev–Trinajstić information content (AvgIpc) is 2.79.